The Morgan fingerprint density at radius 1 is 1.09 bits per heavy atom. The van der Waals surface area contributed by atoms with E-state index in [1.54, 1.807) is 7.11 Å². The highest BCUT2D eigenvalue weighted by molar-refractivity contribution is 5.74. The monoisotopic (exact) mass is 451 g/mol. The quantitative estimate of drug-likeness (QED) is 0.600. The molecule has 2 aliphatic carbocycles. The average molecular weight is 452 g/mol. The molecule has 7 nitrogen and oxygen atoms in total. The van der Waals surface area contributed by atoms with Crippen molar-refractivity contribution in [3.8, 4) is 17.0 Å². The molecule has 1 aromatic carbocycles. The van der Waals surface area contributed by atoms with Crippen LogP contribution in [0.1, 0.15) is 80.1 Å². The van der Waals surface area contributed by atoms with Gasteiger partial charge in [-0.2, -0.15) is 0 Å². The van der Waals surface area contributed by atoms with Gasteiger partial charge in [-0.25, -0.2) is 0 Å². The average Bonchev–Trinajstić information content (AvgIpc) is 3.62. The second-order valence-electron chi connectivity index (χ2n) is 10.0. The molecule has 1 aromatic heterocycles. The third-order valence-electron chi connectivity index (χ3n) is 7.67. The molecule has 1 saturated heterocycles. The highest BCUT2D eigenvalue weighted by Crippen LogP contribution is 2.48. The van der Waals surface area contributed by atoms with Crippen molar-refractivity contribution in [3.63, 3.8) is 0 Å². The van der Waals surface area contributed by atoms with Crippen LogP contribution in [0.25, 0.3) is 11.3 Å². The van der Waals surface area contributed by atoms with Crippen molar-refractivity contribution in [2.75, 3.05) is 19.2 Å². The van der Waals surface area contributed by atoms with Crippen molar-refractivity contribution < 1.29 is 19.3 Å². The number of aliphatic hydroxyl groups is 1. The largest absolute Gasteiger partial charge is 0.467 e. The summed E-state index contributed by atoms with van der Waals surface area (Å²) in [4.78, 5) is 0. The van der Waals surface area contributed by atoms with Gasteiger partial charge in [-0.3, -0.25) is 0 Å². The number of ether oxygens (including phenoxy) is 3. The minimum absolute atomic E-state index is 0.0144. The number of nitrogens with one attached hydrogen (secondary N) is 1. The molecule has 4 atom stereocenters. The van der Waals surface area contributed by atoms with Crippen LogP contribution in [0.5, 0.6) is 5.75 Å². The first kappa shape index (κ1) is 21.3. The van der Waals surface area contributed by atoms with Crippen molar-refractivity contribution >= 4 is 5.82 Å². The van der Waals surface area contributed by atoms with Gasteiger partial charge in [0.25, 0.3) is 0 Å². The van der Waals surface area contributed by atoms with E-state index in [9.17, 15) is 5.11 Å². The second-order valence-corrected chi connectivity index (χ2v) is 10.0. The molecule has 2 aromatic rings. The topological polar surface area (TPSA) is 85.7 Å². The van der Waals surface area contributed by atoms with Gasteiger partial charge < -0.3 is 24.6 Å². The van der Waals surface area contributed by atoms with Gasteiger partial charge in [-0.1, -0.05) is 18.9 Å². The molecule has 3 heterocycles. The standard InChI is InChI=1S/C26H33N3O4/c1-31-14-32-23-12-16(15-6-7-15)8-10-18(23)25-19-13-17-9-11-22(33-17)24(19)26(29-28-25)27-20-4-2-3-5-21(20)30/h8,10,12,15,17,20-22,30H,2-7,9,11,13-14H2,1H3,(H,27,29)/t17-,20-,21-,22+/m1/s1. The third kappa shape index (κ3) is 4.11. The fourth-order valence-electron chi connectivity index (χ4n) is 5.76. The Bertz CT molecular complexity index is 1020. The lowest BCUT2D eigenvalue weighted by atomic mass is 9.91. The zero-order valence-electron chi connectivity index (χ0n) is 19.3. The van der Waals surface area contributed by atoms with Gasteiger partial charge in [0.05, 0.1) is 24.4 Å². The van der Waals surface area contributed by atoms with Crippen LogP contribution in [0.3, 0.4) is 0 Å². The first-order chi connectivity index (χ1) is 16.2. The van der Waals surface area contributed by atoms with Crippen LogP contribution in [-0.4, -0.2) is 47.5 Å². The highest BCUT2D eigenvalue weighted by Gasteiger charge is 2.39. The van der Waals surface area contributed by atoms with Gasteiger partial charge in [0.2, 0.25) is 0 Å². The Hall–Kier alpha value is -2.22. The van der Waals surface area contributed by atoms with Crippen LogP contribution in [0, 0.1) is 0 Å². The lowest BCUT2D eigenvalue weighted by Crippen LogP contribution is -2.37. The number of methoxy groups -OCH3 is 1. The van der Waals surface area contributed by atoms with Crippen molar-refractivity contribution in [3.05, 3.63) is 34.9 Å². The van der Waals surface area contributed by atoms with Gasteiger partial charge >= 0.3 is 0 Å². The highest BCUT2D eigenvalue weighted by atomic mass is 16.7. The second kappa shape index (κ2) is 8.85. The molecule has 7 heteroatoms. The number of aliphatic hydroxyl groups excluding tert-OH is 1. The summed E-state index contributed by atoms with van der Waals surface area (Å²) in [6.07, 6.45) is 9.26. The SMILES string of the molecule is COCOc1cc(C2CC2)ccc1-c1nnc(N[C@@H]2CCCC[C@H]2O)c2c1C[C@H]1CC[C@@H]2O1. The molecule has 0 spiro atoms. The molecule has 176 valence electrons. The predicted molar refractivity (Wildman–Crippen MR) is 124 cm³/mol. The molecule has 0 amide bonds. The maximum Gasteiger partial charge on any atom is 0.188 e. The van der Waals surface area contributed by atoms with Crippen molar-refractivity contribution in [1.82, 2.24) is 10.2 Å². The molecule has 33 heavy (non-hydrogen) atoms. The van der Waals surface area contributed by atoms with E-state index in [1.807, 2.05) is 0 Å². The molecule has 3 fully saturated rings. The van der Waals surface area contributed by atoms with Crippen LogP contribution < -0.4 is 10.1 Å². The molecule has 4 aliphatic rings. The van der Waals surface area contributed by atoms with E-state index in [0.29, 0.717) is 5.92 Å². The van der Waals surface area contributed by atoms with Crippen LogP contribution in [-0.2, 0) is 15.9 Å². The fraction of sp³-hybridized carbons (Fsp3) is 0.615. The van der Waals surface area contributed by atoms with Crippen molar-refractivity contribution in [1.29, 1.82) is 0 Å². The summed E-state index contributed by atoms with van der Waals surface area (Å²) in [5.41, 5.74) is 5.49. The minimum Gasteiger partial charge on any atom is -0.467 e. The maximum absolute atomic E-state index is 10.5. The molecule has 2 aliphatic heterocycles. The summed E-state index contributed by atoms with van der Waals surface area (Å²) in [7, 11) is 1.64. The fourth-order valence-corrected chi connectivity index (χ4v) is 5.76. The Morgan fingerprint density at radius 3 is 2.79 bits per heavy atom. The van der Waals surface area contributed by atoms with Gasteiger partial charge in [-0.15, -0.1) is 10.2 Å². The lowest BCUT2D eigenvalue weighted by molar-refractivity contribution is 0.0323. The predicted octanol–water partition coefficient (Wildman–Crippen LogP) is 4.50. The molecular formula is C26H33N3O4. The van der Waals surface area contributed by atoms with E-state index in [4.69, 9.17) is 19.3 Å². The number of aromatic nitrogens is 2. The summed E-state index contributed by atoms with van der Waals surface area (Å²) >= 11 is 0. The normalized spacial score (nSPS) is 28.4. The Morgan fingerprint density at radius 2 is 1.97 bits per heavy atom. The summed E-state index contributed by atoms with van der Waals surface area (Å²) in [6, 6.07) is 6.51. The number of fused-ring (bicyclic) bond motifs is 4. The number of hydrogen-bond acceptors (Lipinski definition) is 7. The molecule has 0 unspecified atom stereocenters. The number of nitrogens with zero attached hydrogens (tertiary/aromatic N) is 2. The molecular weight excluding hydrogens is 418 g/mol. The van der Waals surface area contributed by atoms with Crippen molar-refractivity contribution in [2.45, 2.75) is 88.1 Å². The van der Waals surface area contributed by atoms with Gasteiger partial charge in [-0.05, 0) is 67.7 Å². The first-order valence-electron chi connectivity index (χ1n) is 12.5. The summed E-state index contributed by atoms with van der Waals surface area (Å²) in [5.74, 6) is 2.22. The summed E-state index contributed by atoms with van der Waals surface area (Å²) in [6.45, 7) is 0.199. The Balaban J connectivity index is 1.41. The molecule has 2 saturated carbocycles. The molecule has 2 N–H and O–H groups in total. The van der Waals surface area contributed by atoms with Crippen LogP contribution >= 0.6 is 0 Å². The number of anilines is 1. The van der Waals surface area contributed by atoms with Gasteiger partial charge in [0, 0.05) is 24.7 Å². The van der Waals surface area contributed by atoms with E-state index in [1.165, 1.54) is 24.0 Å². The smallest absolute Gasteiger partial charge is 0.188 e. The van der Waals surface area contributed by atoms with Crippen molar-refractivity contribution in [2.24, 2.45) is 0 Å². The zero-order valence-corrected chi connectivity index (χ0v) is 19.3. The van der Waals surface area contributed by atoms with Crippen LogP contribution in [0.4, 0.5) is 5.82 Å². The van der Waals surface area contributed by atoms with Crippen LogP contribution in [0.2, 0.25) is 0 Å². The molecule has 6 rings (SSSR count). The Kier molecular flexibility index (Phi) is 5.72. The van der Waals surface area contributed by atoms with Crippen LogP contribution in [0.15, 0.2) is 18.2 Å². The zero-order chi connectivity index (χ0) is 22.4. The Labute approximate surface area is 194 Å². The van der Waals surface area contributed by atoms with Gasteiger partial charge in [0.1, 0.15) is 11.4 Å². The number of hydrogen-bond donors (Lipinski definition) is 2. The van der Waals surface area contributed by atoms with E-state index in [-0.39, 0.29) is 31.1 Å². The number of benzene rings is 1. The minimum atomic E-state index is -0.347. The summed E-state index contributed by atoms with van der Waals surface area (Å²) in [5, 5.41) is 23.5. The van der Waals surface area contributed by atoms with E-state index in [2.05, 4.69) is 28.6 Å². The summed E-state index contributed by atoms with van der Waals surface area (Å²) < 4.78 is 17.5. The molecule has 2 bridgehead atoms. The van der Waals surface area contributed by atoms with Gasteiger partial charge in [0.15, 0.2) is 12.6 Å². The van der Waals surface area contributed by atoms with E-state index in [0.717, 1.165) is 73.3 Å². The first-order valence-corrected chi connectivity index (χ1v) is 12.5. The van der Waals surface area contributed by atoms with E-state index < -0.39 is 0 Å². The third-order valence-corrected chi connectivity index (χ3v) is 7.67. The lowest BCUT2D eigenvalue weighted by Gasteiger charge is -2.32. The van der Waals surface area contributed by atoms with E-state index >= 15 is 0 Å². The maximum atomic E-state index is 10.5. The number of rotatable bonds is 7. The molecule has 0 radical (unpaired) electrons.